The minimum Gasteiger partial charge on any atom is -0.478 e. The van der Waals surface area contributed by atoms with Gasteiger partial charge in [-0.15, -0.1) is 0 Å². The number of aryl methyl sites for hydroxylation is 2. The summed E-state index contributed by atoms with van der Waals surface area (Å²) in [6, 6.07) is 3.96. The van der Waals surface area contributed by atoms with Crippen LogP contribution in [-0.4, -0.2) is 27.4 Å². The molecule has 4 heteroatoms. The lowest BCUT2D eigenvalue weighted by molar-refractivity contribution is 0.0698. The molecule has 2 N–H and O–H groups in total. The molecule has 0 aliphatic heterocycles. The van der Waals surface area contributed by atoms with Gasteiger partial charge in [-0.25, -0.2) is 4.79 Å². The molecule has 0 saturated carbocycles. The van der Waals surface area contributed by atoms with Crippen molar-refractivity contribution in [3.8, 4) is 0 Å². The molecule has 24 heavy (non-hydrogen) atoms. The summed E-state index contributed by atoms with van der Waals surface area (Å²) in [6.07, 6.45) is 5.84. The number of rotatable bonds is 7. The fourth-order valence-corrected chi connectivity index (χ4v) is 3.09. The summed E-state index contributed by atoms with van der Waals surface area (Å²) in [4.78, 5) is 11.9. The van der Waals surface area contributed by atoms with Gasteiger partial charge < -0.3 is 14.8 Å². The van der Waals surface area contributed by atoms with Gasteiger partial charge in [0.25, 0.3) is 0 Å². The second-order valence-corrected chi connectivity index (χ2v) is 7.50. The molecule has 132 valence electrons. The van der Waals surface area contributed by atoms with Crippen LogP contribution in [0.25, 0.3) is 10.9 Å². The number of hydrogen-bond acceptors (Lipinski definition) is 2. The van der Waals surface area contributed by atoms with E-state index in [1.807, 2.05) is 10.6 Å². The molecule has 0 bridgehead atoms. The second-order valence-electron chi connectivity index (χ2n) is 7.50. The Hall–Kier alpha value is -1.81. The van der Waals surface area contributed by atoms with Crippen molar-refractivity contribution in [2.45, 2.75) is 65.3 Å². The van der Waals surface area contributed by atoms with Gasteiger partial charge in [0.15, 0.2) is 0 Å². The van der Waals surface area contributed by atoms with Gasteiger partial charge in [0.1, 0.15) is 0 Å². The van der Waals surface area contributed by atoms with Gasteiger partial charge in [0, 0.05) is 24.7 Å². The standard InChI is InChI=1S/C20H29NO3/c1-5-6-8-14-13-21(9-7-10-22)18-16(14)11-15(20(2,3)4)12-17(18)19(23)24/h11-13,22H,5-10H2,1-4H3,(H,23,24). The van der Waals surface area contributed by atoms with Gasteiger partial charge in [0.05, 0.1) is 11.1 Å². The van der Waals surface area contributed by atoms with E-state index in [0.29, 0.717) is 18.5 Å². The molecule has 0 amide bonds. The minimum absolute atomic E-state index is 0.104. The summed E-state index contributed by atoms with van der Waals surface area (Å²) in [5.41, 5.74) is 3.30. The molecule has 1 heterocycles. The van der Waals surface area contributed by atoms with E-state index in [-0.39, 0.29) is 12.0 Å². The van der Waals surface area contributed by atoms with Crippen LogP contribution in [0, 0.1) is 0 Å². The van der Waals surface area contributed by atoms with Crippen molar-refractivity contribution in [1.82, 2.24) is 4.57 Å². The van der Waals surface area contributed by atoms with Crippen LogP contribution in [-0.2, 0) is 18.4 Å². The number of aliphatic hydroxyl groups excluding tert-OH is 1. The smallest absolute Gasteiger partial charge is 0.337 e. The highest BCUT2D eigenvalue weighted by atomic mass is 16.4. The summed E-state index contributed by atoms with van der Waals surface area (Å²) in [7, 11) is 0. The molecule has 0 aliphatic carbocycles. The number of carboxylic acids is 1. The fraction of sp³-hybridized carbons (Fsp3) is 0.550. The van der Waals surface area contributed by atoms with Gasteiger partial charge >= 0.3 is 5.97 Å². The summed E-state index contributed by atoms with van der Waals surface area (Å²) < 4.78 is 2.01. The molecule has 0 fully saturated rings. The molecule has 4 nitrogen and oxygen atoms in total. The SMILES string of the molecule is CCCCc1cn(CCCO)c2c(C(=O)O)cc(C(C)(C)C)cc12. The van der Waals surface area contributed by atoms with Crippen LogP contribution in [0.1, 0.15) is 68.4 Å². The van der Waals surface area contributed by atoms with Gasteiger partial charge in [0.2, 0.25) is 0 Å². The minimum atomic E-state index is -0.892. The highest BCUT2D eigenvalue weighted by molar-refractivity contribution is 6.04. The molecule has 1 aromatic carbocycles. The average molecular weight is 331 g/mol. The summed E-state index contributed by atoms with van der Waals surface area (Å²) in [5, 5.41) is 19.9. The Morgan fingerprint density at radius 3 is 2.46 bits per heavy atom. The van der Waals surface area contributed by atoms with Crippen molar-refractivity contribution in [3.63, 3.8) is 0 Å². The number of aromatic carboxylic acids is 1. The Kier molecular flexibility index (Phi) is 5.70. The predicted molar refractivity (Wildman–Crippen MR) is 97.9 cm³/mol. The van der Waals surface area contributed by atoms with Gasteiger partial charge in [-0.05, 0) is 47.9 Å². The molecule has 0 radical (unpaired) electrons. The van der Waals surface area contributed by atoms with E-state index in [2.05, 4.69) is 40.0 Å². The number of aliphatic hydroxyl groups is 1. The highest BCUT2D eigenvalue weighted by Gasteiger charge is 2.22. The van der Waals surface area contributed by atoms with Crippen LogP contribution < -0.4 is 0 Å². The summed E-state index contributed by atoms with van der Waals surface area (Å²) >= 11 is 0. The van der Waals surface area contributed by atoms with Crippen LogP contribution in [0.3, 0.4) is 0 Å². The summed E-state index contributed by atoms with van der Waals surface area (Å²) in [6.45, 7) is 9.21. The fourth-order valence-electron chi connectivity index (χ4n) is 3.09. The number of hydrogen-bond donors (Lipinski definition) is 2. The van der Waals surface area contributed by atoms with Gasteiger partial charge in [-0.3, -0.25) is 0 Å². The van der Waals surface area contributed by atoms with Gasteiger partial charge in [-0.2, -0.15) is 0 Å². The lowest BCUT2D eigenvalue weighted by Crippen LogP contribution is -2.13. The van der Waals surface area contributed by atoms with Crippen molar-refractivity contribution in [2.24, 2.45) is 0 Å². The molecule has 0 atom stereocenters. The van der Waals surface area contributed by atoms with Crippen LogP contribution in [0.4, 0.5) is 0 Å². The number of nitrogens with zero attached hydrogens (tertiary/aromatic N) is 1. The van der Waals surface area contributed by atoms with E-state index in [1.54, 1.807) is 0 Å². The first-order valence-corrected chi connectivity index (χ1v) is 8.80. The van der Waals surface area contributed by atoms with Crippen molar-refractivity contribution in [2.75, 3.05) is 6.61 Å². The number of carboxylic acid groups (broad SMARTS) is 1. The monoisotopic (exact) mass is 331 g/mol. The quantitative estimate of drug-likeness (QED) is 0.792. The van der Waals surface area contributed by atoms with Crippen LogP contribution in [0.15, 0.2) is 18.3 Å². The molecular weight excluding hydrogens is 302 g/mol. The third kappa shape index (κ3) is 3.81. The zero-order valence-electron chi connectivity index (χ0n) is 15.2. The molecule has 0 spiro atoms. The Morgan fingerprint density at radius 2 is 1.92 bits per heavy atom. The molecule has 2 aromatic rings. The molecule has 0 aliphatic rings. The van der Waals surface area contributed by atoms with E-state index in [0.717, 1.165) is 35.7 Å². The van der Waals surface area contributed by atoms with Crippen LogP contribution >= 0.6 is 0 Å². The molecule has 1 aromatic heterocycles. The van der Waals surface area contributed by atoms with E-state index < -0.39 is 5.97 Å². The number of carbonyl (C=O) groups is 1. The van der Waals surface area contributed by atoms with Crippen molar-refractivity contribution in [1.29, 1.82) is 0 Å². The first kappa shape index (κ1) is 18.5. The topological polar surface area (TPSA) is 62.5 Å². The van der Waals surface area contributed by atoms with Crippen molar-refractivity contribution >= 4 is 16.9 Å². The lowest BCUT2D eigenvalue weighted by atomic mass is 9.84. The number of unbranched alkanes of at least 4 members (excludes halogenated alkanes) is 1. The molecule has 0 unspecified atom stereocenters. The molecule has 2 rings (SSSR count). The average Bonchev–Trinajstić information content (AvgIpc) is 2.87. The van der Waals surface area contributed by atoms with Crippen molar-refractivity contribution < 1.29 is 15.0 Å². The first-order valence-electron chi connectivity index (χ1n) is 8.80. The Morgan fingerprint density at radius 1 is 1.21 bits per heavy atom. The lowest BCUT2D eigenvalue weighted by Gasteiger charge is -2.20. The third-order valence-corrected chi connectivity index (χ3v) is 4.51. The predicted octanol–water partition coefficient (Wildman–Crippen LogP) is 4.36. The van der Waals surface area contributed by atoms with E-state index in [1.165, 1.54) is 5.56 Å². The normalized spacial score (nSPS) is 12.0. The largest absolute Gasteiger partial charge is 0.478 e. The zero-order valence-corrected chi connectivity index (χ0v) is 15.2. The maximum absolute atomic E-state index is 11.9. The summed E-state index contributed by atoms with van der Waals surface area (Å²) in [5.74, 6) is -0.892. The number of benzene rings is 1. The Bertz CT molecular complexity index is 723. The molecule has 0 saturated heterocycles. The maximum Gasteiger partial charge on any atom is 0.337 e. The maximum atomic E-state index is 11.9. The first-order chi connectivity index (χ1) is 11.3. The highest BCUT2D eigenvalue weighted by Crippen LogP contribution is 2.33. The van der Waals surface area contributed by atoms with E-state index in [9.17, 15) is 9.90 Å². The number of fused-ring (bicyclic) bond motifs is 1. The van der Waals surface area contributed by atoms with Crippen molar-refractivity contribution in [3.05, 3.63) is 35.0 Å². The van der Waals surface area contributed by atoms with E-state index in [4.69, 9.17) is 5.11 Å². The van der Waals surface area contributed by atoms with E-state index >= 15 is 0 Å². The zero-order chi connectivity index (χ0) is 17.9. The third-order valence-electron chi connectivity index (χ3n) is 4.51. The second kappa shape index (κ2) is 7.39. The Balaban J connectivity index is 2.72. The van der Waals surface area contributed by atoms with Crippen LogP contribution in [0.5, 0.6) is 0 Å². The Labute approximate surface area is 144 Å². The van der Waals surface area contributed by atoms with Gasteiger partial charge in [-0.1, -0.05) is 34.1 Å². The molecular formula is C20H29NO3. The van der Waals surface area contributed by atoms with Crippen LogP contribution in [0.2, 0.25) is 0 Å². The number of aromatic nitrogens is 1.